The van der Waals surface area contributed by atoms with Gasteiger partial charge in [0.2, 0.25) is 0 Å². The zero-order chi connectivity index (χ0) is 18.4. The second kappa shape index (κ2) is 6.17. The van der Waals surface area contributed by atoms with E-state index in [1.54, 1.807) is 4.52 Å². The van der Waals surface area contributed by atoms with Crippen molar-refractivity contribution in [1.82, 2.24) is 29.4 Å². The molecular weight excluding hydrogens is 352 g/mol. The van der Waals surface area contributed by atoms with Gasteiger partial charge in [-0.3, -0.25) is 9.36 Å². The number of aryl methyl sites for hydroxylation is 1. The van der Waals surface area contributed by atoms with Gasteiger partial charge in [-0.25, -0.2) is 4.98 Å². The van der Waals surface area contributed by atoms with Crippen LogP contribution in [0.2, 0.25) is 5.02 Å². The monoisotopic (exact) mass is 368 g/mol. The fourth-order valence-corrected chi connectivity index (χ4v) is 3.13. The van der Waals surface area contributed by atoms with Gasteiger partial charge in [-0.2, -0.15) is 9.61 Å². The normalized spacial score (nSPS) is 11.7. The zero-order valence-electron chi connectivity index (χ0n) is 14.6. The Labute approximate surface area is 154 Å². The summed E-state index contributed by atoms with van der Waals surface area (Å²) in [4.78, 5) is 17.1. The summed E-state index contributed by atoms with van der Waals surface area (Å²) in [5, 5.41) is 13.8. The van der Waals surface area contributed by atoms with Crippen molar-refractivity contribution in [2.75, 3.05) is 0 Å². The Morgan fingerprint density at radius 1 is 1.12 bits per heavy atom. The number of hydrogen-bond donors (Lipinski definition) is 0. The zero-order valence-corrected chi connectivity index (χ0v) is 15.4. The summed E-state index contributed by atoms with van der Waals surface area (Å²) < 4.78 is 3.14. The van der Waals surface area contributed by atoms with Crippen molar-refractivity contribution in [3.8, 4) is 11.1 Å². The molecule has 0 amide bonds. The summed E-state index contributed by atoms with van der Waals surface area (Å²) >= 11 is 6.00. The van der Waals surface area contributed by atoms with E-state index in [-0.39, 0.29) is 17.1 Å². The molecule has 3 aromatic heterocycles. The van der Waals surface area contributed by atoms with Crippen LogP contribution in [-0.2, 0) is 6.42 Å². The second-order valence-electron chi connectivity index (χ2n) is 6.34. The lowest BCUT2D eigenvalue weighted by molar-refractivity contribution is 0.570. The molecular formula is C18H17ClN6O. The molecule has 0 spiro atoms. The van der Waals surface area contributed by atoms with Crippen molar-refractivity contribution < 1.29 is 0 Å². The first-order valence-corrected chi connectivity index (χ1v) is 8.80. The Balaban J connectivity index is 2.06. The molecule has 8 heteroatoms. The topological polar surface area (TPSA) is 78.0 Å². The molecule has 0 aliphatic carbocycles. The van der Waals surface area contributed by atoms with E-state index in [4.69, 9.17) is 11.6 Å². The highest BCUT2D eigenvalue weighted by atomic mass is 35.5. The third kappa shape index (κ3) is 2.47. The van der Waals surface area contributed by atoms with Gasteiger partial charge in [-0.05, 0) is 38.0 Å². The molecule has 0 saturated carbocycles. The summed E-state index contributed by atoms with van der Waals surface area (Å²) in [6, 6.07) is 7.50. The molecule has 132 valence electrons. The summed E-state index contributed by atoms with van der Waals surface area (Å²) in [5.41, 5.74) is 3.67. The van der Waals surface area contributed by atoms with Gasteiger partial charge in [0.15, 0.2) is 16.8 Å². The first kappa shape index (κ1) is 16.7. The van der Waals surface area contributed by atoms with Crippen LogP contribution >= 0.6 is 11.6 Å². The van der Waals surface area contributed by atoms with Crippen LogP contribution in [-0.4, -0.2) is 29.4 Å². The molecule has 0 unspecified atom stereocenters. The lowest BCUT2D eigenvalue weighted by atomic mass is 10.0. The van der Waals surface area contributed by atoms with Gasteiger partial charge >= 0.3 is 0 Å². The standard InChI is InChI=1S/C18H17ClN6O/c1-4-13-14(11-5-7-12(19)8-6-11)16-22-21-15-17(25(16)23-13)20-9-24(10(2)3)18(15)26/h5-10H,4H2,1-3H3. The van der Waals surface area contributed by atoms with Crippen LogP contribution in [0.5, 0.6) is 0 Å². The molecule has 1 aromatic carbocycles. The number of halogens is 1. The quantitative estimate of drug-likeness (QED) is 0.554. The van der Waals surface area contributed by atoms with Crippen LogP contribution in [0.4, 0.5) is 0 Å². The minimum atomic E-state index is -0.221. The Kier molecular flexibility index (Phi) is 3.96. The highest BCUT2D eigenvalue weighted by Gasteiger charge is 2.19. The molecule has 4 rings (SSSR count). The fraction of sp³-hybridized carbons (Fsp3) is 0.278. The van der Waals surface area contributed by atoms with E-state index in [1.165, 1.54) is 10.9 Å². The Bertz CT molecular complexity index is 1180. The van der Waals surface area contributed by atoms with Crippen molar-refractivity contribution in [2.45, 2.75) is 33.2 Å². The van der Waals surface area contributed by atoms with Crippen LogP contribution in [0.3, 0.4) is 0 Å². The predicted octanol–water partition coefficient (Wildman–Crippen LogP) is 3.30. The number of nitrogens with zero attached hydrogens (tertiary/aromatic N) is 6. The maximum atomic E-state index is 12.6. The first-order valence-electron chi connectivity index (χ1n) is 8.42. The molecule has 4 aromatic rings. The molecule has 0 aliphatic heterocycles. The predicted molar refractivity (Wildman–Crippen MR) is 101 cm³/mol. The summed E-state index contributed by atoms with van der Waals surface area (Å²) in [6.07, 6.45) is 2.25. The van der Waals surface area contributed by atoms with Gasteiger partial charge in [0.05, 0.1) is 11.3 Å². The number of rotatable bonds is 3. The highest BCUT2D eigenvalue weighted by molar-refractivity contribution is 6.30. The van der Waals surface area contributed by atoms with E-state index >= 15 is 0 Å². The van der Waals surface area contributed by atoms with E-state index in [1.807, 2.05) is 45.0 Å². The minimum absolute atomic E-state index is 0.00894. The Hall–Kier alpha value is -2.80. The van der Waals surface area contributed by atoms with Crippen LogP contribution < -0.4 is 5.56 Å². The number of aromatic nitrogens is 6. The summed E-state index contributed by atoms with van der Waals surface area (Å²) in [6.45, 7) is 5.86. The van der Waals surface area contributed by atoms with E-state index in [9.17, 15) is 4.79 Å². The van der Waals surface area contributed by atoms with E-state index in [0.717, 1.165) is 16.8 Å². The molecule has 0 radical (unpaired) electrons. The molecule has 26 heavy (non-hydrogen) atoms. The number of hydrogen-bond acceptors (Lipinski definition) is 5. The fourth-order valence-electron chi connectivity index (χ4n) is 3.01. The lowest BCUT2D eigenvalue weighted by Gasteiger charge is -2.09. The van der Waals surface area contributed by atoms with Gasteiger partial charge < -0.3 is 0 Å². The van der Waals surface area contributed by atoms with Crippen molar-refractivity contribution in [3.05, 3.63) is 51.7 Å². The second-order valence-corrected chi connectivity index (χ2v) is 6.78. The van der Waals surface area contributed by atoms with Gasteiger partial charge in [-0.15, -0.1) is 10.2 Å². The average Bonchev–Trinajstić information content (AvgIpc) is 3.01. The minimum Gasteiger partial charge on any atom is -0.295 e. The number of fused-ring (bicyclic) bond motifs is 3. The number of benzene rings is 1. The molecule has 0 fully saturated rings. The Morgan fingerprint density at radius 3 is 2.50 bits per heavy atom. The van der Waals surface area contributed by atoms with Crippen molar-refractivity contribution in [1.29, 1.82) is 0 Å². The van der Waals surface area contributed by atoms with Gasteiger partial charge in [0, 0.05) is 11.1 Å². The summed E-state index contributed by atoms with van der Waals surface area (Å²) in [5.74, 6) is 0. The van der Waals surface area contributed by atoms with E-state index in [0.29, 0.717) is 22.7 Å². The van der Waals surface area contributed by atoms with Crippen molar-refractivity contribution in [2.24, 2.45) is 0 Å². The molecule has 0 saturated heterocycles. The molecule has 3 heterocycles. The van der Waals surface area contributed by atoms with E-state index in [2.05, 4.69) is 20.3 Å². The van der Waals surface area contributed by atoms with Crippen molar-refractivity contribution >= 4 is 28.4 Å². The highest BCUT2D eigenvalue weighted by Crippen LogP contribution is 2.29. The maximum Gasteiger partial charge on any atom is 0.283 e. The molecule has 0 N–H and O–H groups in total. The summed E-state index contributed by atoms with van der Waals surface area (Å²) in [7, 11) is 0. The molecule has 0 aliphatic rings. The van der Waals surface area contributed by atoms with Crippen LogP contribution in [0, 0.1) is 0 Å². The van der Waals surface area contributed by atoms with Crippen molar-refractivity contribution in [3.63, 3.8) is 0 Å². The SMILES string of the molecule is CCc1nn2c(nnc3c(=O)n(C(C)C)cnc32)c1-c1ccc(Cl)cc1. The first-order chi connectivity index (χ1) is 12.5. The third-order valence-electron chi connectivity index (χ3n) is 4.36. The third-order valence-corrected chi connectivity index (χ3v) is 4.61. The van der Waals surface area contributed by atoms with Crippen LogP contribution in [0.1, 0.15) is 32.5 Å². The Morgan fingerprint density at radius 2 is 1.85 bits per heavy atom. The smallest absolute Gasteiger partial charge is 0.283 e. The van der Waals surface area contributed by atoms with E-state index < -0.39 is 0 Å². The van der Waals surface area contributed by atoms with Gasteiger partial charge in [0.1, 0.15) is 6.33 Å². The van der Waals surface area contributed by atoms with Gasteiger partial charge in [-0.1, -0.05) is 30.7 Å². The lowest BCUT2D eigenvalue weighted by Crippen LogP contribution is -2.24. The largest absolute Gasteiger partial charge is 0.295 e. The van der Waals surface area contributed by atoms with Gasteiger partial charge in [0.25, 0.3) is 5.56 Å². The molecule has 0 atom stereocenters. The maximum absolute atomic E-state index is 12.6. The molecule has 7 nitrogen and oxygen atoms in total. The van der Waals surface area contributed by atoms with Crippen LogP contribution in [0.15, 0.2) is 35.4 Å². The van der Waals surface area contributed by atoms with Crippen LogP contribution in [0.25, 0.3) is 27.9 Å². The average molecular weight is 369 g/mol. The molecule has 0 bridgehead atoms.